The largest absolute Gasteiger partial charge is 0.382 e. The van der Waals surface area contributed by atoms with Gasteiger partial charge in [-0.25, -0.2) is 13.4 Å². The summed E-state index contributed by atoms with van der Waals surface area (Å²) in [6, 6.07) is 0. The van der Waals surface area contributed by atoms with Gasteiger partial charge in [-0.2, -0.15) is 4.37 Å². The molecule has 0 amide bonds. The van der Waals surface area contributed by atoms with Crippen LogP contribution in [0.3, 0.4) is 0 Å². The molecule has 0 radical (unpaired) electrons. The van der Waals surface area contributed by atoms with Crippen LogP contribution in [0.5, 0.6) is 0 Å². The molecule has 0 spiro atoms. The van der Waals surface area contributed by atoms with Crippen molar-refractivity contribution in [3.63, 3.8) is 0 Å². The number of aromatic amines is 1. The number of nitrogen functional groups attached to an aromatic ring is 1. The Balaban J connectivity index is 2.09. The normalized spacial score (nSPS) is 11.6. The van der Waals surface area contributed by atoms with Crippen molar-refractivity contribution in [2.75, 3.05) is 23.3 Å². The molecule has 4 N–H and O–H groups in total. The molecular weight excluding hydrogens is 286 g/mol. The van der Waals surface area contributed by atoms with Crippen LogP contribution in [0.4, 0.5) is 10.8 Å². The van der Waals surface area contributed by atoms with Crippen LogP contribution in [0.25, 0.3) is 0 Å². The van der Waals surface area contributed by atoms with Crippen LogP contribution in [0.15, 0.2) is 17.3 Å². The maximum Gasteiger partial charge on any atom is 0.184 e. The summed E-state index contributed by atoms with van der Waals surface area (Å²) < 4.78 is 27.7. The van der Waals surface area contributed by atoms with E-state index in [1.54, 1.807) is 19.3 Å². The third-order valence-corrected chi connectivity index (χ3v) is 5.31. The Hall–Kier alpha value is -1.61. The Morgan fingerprint density at radius 3 is 2.95 bits per heavy atom. The number of nitrogens with zero attached hydrogens (tertiary/aromatic N) is 2. The topological polar surface area (TPSA) is 114 Å². The molecule has 0 aliphatic heterocycles. The predicted molar refractivity (Wildman–Crippen MR) is 75.0 cm³/mol. The molecule has 0 aromatic carbocycles. The van der Waals surface area contributed by atoms with Gasteiger partial charge < -0.3 is 16.0 Å². The van der Waals surface area contributed by atoms with Gasteiger partial charge in [0.05, 0.1) is 5.75 Å². The molecule has 0 aliphatic rings. The highest BCUT2D eigenvalue weighted by atomic mass is 32.2. The van der Waals surface area contributed by atoms with Crippen molar-refractivity contribution in [3.05, 3.63) is 18.2 Å². The van der Waals surface area contributed by atoms with Crippen molar-refractivity contribution < 1.29 is 8.42 Å². The SMILES string of the molecule is CCS(=O)(=O)c1c(N)nsc1NCCc1ncc[nH]1. The minimum Gasteiger partial charge on any atom is -0.382 e. The summed E-state index contributed by atoms with van der Waals surface area (Å²) in [5.41, 5.74) is 5.63. The molecule has 0 unspecified atom stereocenters. The molecule has 104 valence electrons. The second-order valence-electron chi connectivity index (χ2n) is 3.84. The molecular formula is C10H15N5O2S2. The van der Waals surface area contributed by atoms with E-state index in [0.29, 0.717) is 18.0 Å². The van der Waals surface area contributed by atoms with Crippen LogP contribution in [-0.2, 0) is 16.3 Å². The van der Waals surface area contributed by atoms with E-state index in [0.717, 1.165) is 17.4 Å². The highest BCUT2D eigenvalue weighted by molar-refractivity contribution is 7.91. The van der Waals surface area contributed by atoms with Crippen molar-refractivity contribution in [2.45, 2.75) is 18.2 Å². The number of nitrogens with one attached hydrogen (secondary N) is 2. The predicted octanol–water partition coefficient (Wildman–Crippen LogP) is 0.897. The minimum absolute atomic E-state index is 0.00246. The third kappa shape index (κ3) is 3.04. The van der Waals surface area contributed by atoms with E-state index in [-0.39, 0.29) is 16.5 Å². The summed E-state index contributed by atoms with van der Waals surface area (Å²) in [6.45, 7) is 2.14. The van der Waals surface area contributed by atoms with E-state index < -0.39 is 9.84 Å². The van der Waals surface area contributed by atoms with Gasteiger partial charge in [-0.3, -0.25) is 0 Å². The van der Waals surface area contributed by atoms with Gasteiger partial charge in [0.1, 0.15) is 15.7 Å². The van der Waals surface area contributed by atoms with E-state index in [4.69, 9.17) is 5.73 Å². The summed E-state index contributed by atoms with van der Waals surface area (Å²) in [5.74, 6) is 0.903. The number of H-pyrrole nitrogens is 1. The first-order valence-electron chi connectivity index (χ1n) is 5.74. The lowest BCUT2D eigenvalue weighted by Gasteiger charge is -2.06. The number of rotatable bonds is 6. The summed E-state index contributed by atoms with van der Waals surface area (Å²) >= 11 is 1.06. The molecule has 9 heteroatoms. The average molecular weight is 301 g/mol. The fourth-order valence-corrected chi connectivity index (χ4v) is 3.77. The molecule has 2 heterocycles. The smallest absolute Gasteiger partial charge is 0.184 e. The van der Waals surface area contributed by atoms with Crippen molar-refractivity contribution in [3.8, 4) is 0 Å². The first kappa shape index (κ1) is 13.8. The molecule has 0 atom stereocenters. The Bertz CT molecular complexity index is 633. The Morgan fingerprint density at radius 1 is 1.53 bits per heavy atom. The fraction of sp³-hybridized carbons (Fsp3) is 0.400. The molecule has 19 heavy (non-hydrogen) atoms. The maximum absolute atomic E-state index is 11.9. The number of nitrogens with two attached hydrogens (primary N) is 1. The quantitative estimate of drug-likeness (QED) is 0.730. The van der Waals surface area contributed by atoms with Gasteiger partial charge in [-0.1, -0.05) is 6.92 Å². The highest BCUT2D eigenvalue weighted by Crippen LogP contribution is 2.32. The first-order chi connectivity index (χ1) is 9.04. The molecule has 0 fully saturated rings. The van der Waals surface area contributed by atoms with Crippen LogP contribution in [0.2, 0.25) is 0 Å². The molecule has 0 saturated carbocycles. The van der Waals surface area contributed by atoms with Crippen LogP contribution in [0.1, 0.15) is 12.7 Å². The lowest BCUT2D eigenvalue weighted by atomic mass is 10.4. The standard InChI is InChI=1S/C10H15N5O2S2/c1-2-19(16,17)8-9(11)15-18-10(8)14-4-3-7-12-5-6-13-7/h5-6,14H,2-4H2,1H3,(H2,11,15)(H,12,13). The molecule has 2 rings (SSSR count). The van der Waals surface area contributed by atoms with Gasteiger partial charge in [-0.15, -0.1) is 0 Å². The lowest BCUT2D eigenvalue weighted by Crippen LogP contribution is -2.11. The number of aromatic nitrogens is 3. The number of imidazole rings is 1. The van der Waals surface area contributed by atoms with E-state index in [2.05, 4.69) is 19.7 Å². The summed E-state index contributed by atoms with van der Waals surface area (Å²) in [5, 5.41) is 3.54. The highest BCUT2D eigenvalue weighted by Gasteiger charge is 2.23. The molecule has 0 bridgehead atoms. The average Bonchev–Trinajstić information content (AvgIpc) is 3.00. The zero-order valence-electron chi connectivity index (χ0n) is 10.4. The molecule has 0 aliphatic carbocycles. The van der Waals surface area contributed by atoms with Crippen LogP contribution >= 0.6 is 11.5 Å². The van der Waals surface area contributed by atoms with E-state index >= 15 is 0 Å². The fourth-order valence-electron chi connectivity index (χ4n) is 1.58. The number of anilines is 2. The van der Waals surface area contributed by atoms with Crippen LogP contribution in [0, 0.1) is 0 Å². The number of hydrogen-bond donors (Lipinski definition) is 3. The summed E-state index contributed by atoms with van der Waals surface area (Å²) in [7, 11) is -3.36. The van der Waals surface area contributed by atoms with Gasteiger partial charge in [0.15, 0.2) is 15.7 Å². The second kappa shape index (κ2) is 5.57. The molecule has 7 nitrogen and oxygen atoms in total. The zero-order valence-corrected chi connectivity index (χ0v) is 12.0. The molecule has 2 aromatic heterocycles. The number of sulfone groups is 1. The minimum atomic E-state index is -3.36. The maximum atomic E-state index is 11.9. The zero-order chi connectivity index (χ0) is 13.9. The van der Waals surface area contributed by atoms with Gasteiger partial charge >= 0.3 is 0 Å². The molecule has 0 saturated heterocycles. The second-order valence-corrected chi connectivity index (χ2v) is 6.83. The van der Waals surface area contributed by atoms with Gasteiger partial charge in [0.2, 0.25) is 0 Å². The van der Waals surface area contributed by atoms with E-state index in [1.165, 1.54) is 0 Å². The van der Waals surface area contributed by atoms with Gasteiger partial charge in [0.25, 0.3) is 0 Å². The Kier molecular flexibility index (Phi) is 4.05. The van der Waals surface area contributed by atoms with Gasteiger partial charge in [-0.05, 0) is 11.5 Å². The van der Waals surface area contributed by atoms with Gasteiger partial charge in [0, 0.05) is 25.4 Å². The number of hydrogen-bond acceptors (Lipinski definition) is 7. The third-order valence-electron chi connectivity index (χ3n) is 2.57. The summed E-state index contributed by atoms with van der Waals surface area (Å²) in [6.07, 6.45) is 4.08. The van der Waals surface area contributed by atoms with E-state index in [1.807, 2.05) is 0 Å². The monoisotopic (exact) mass is 301 g/mol. The van der Waals surface area contributed by atoms with Crippen molar-refractivity contribution in [1.29, 1.82) is 0 Å². The Morgan fingerprint density at radius 2 is 2.32 bits per heavy atom. The first-order valence-corrected chi connectivity index (χ1v) is 8.17. The van der Waals surface area contributed by atoms with Crippen molar-refractivity contribution in [1.82, 2.24) is 14.3 Å². The summed E-state index contributed by atoms with van der Waals surface area (Å²) in [4.78, 5) is 7.18. The lowest BCUT2D eigenvalue weighted by molar-refractivity contribution is 0.598. The van der Waals surface area contributed by atoms with Crippen LogP contribution < -0.4 is 11.1 Å². The van der Waals surface area contributed by atoms with E-state index in [9.17, 15) is 8.42 Å². The Labute approximate surface area is 115 Å². The van der Waals surface area contributed by atoms with Crippen molar-refractivity contribution in [2.24, 2.45) is 0 Å². The molecule has 2 aromatic rings. The van der Waals surface area contributed by atoms with Crippen LogP contribution in [-0.4, -0.2) is 35.1 Å². The van der Waals surface area contributed by atoms with Crippen molar-refractivity contribution >= 4 is 32.2 Å².